The third-order valence-electron chi connectivity index (χ3n) is 1.69. The van der Waals surface area contributed by atoms with E-state index in [-0.39, 0.29) is 0 Å². The number of hydrogen-bond acceptors (Lipinski definition) is 2. The van der Waals surface area contributed by atoms with E-state index in [4.69, 9.17) is 4.74 Å². The van der Waals surface area contributed by atoms with Crippen molar-refractivity contribution < 1.29 is 4.74 Å². The predicted molar refractivity (Wildman–Crippen MR) is 63.1 cm³/mol. The zero-order valence-corrected chi connectivity index (χ0v) is 10.1. The number of rotatable bonds is 4. The lowest BCUT2D eigenvalue weighted by atomic mass is 10.2. The summed E-state index contributed by atoms with van der Waals surface area (Å²) in [6.07, 6.45) is 0. The van der Waals surface area contributed by atoms with Crippen LogP contribution in [-0.2, 0) is 6.54 Å². The normalized spacial score (nSPS) is 10.1. The van der Waals surface area contributed by atoms with E-state index in [1.165, 1.54) is 9.13 Å². The highest BCUT2D eigenvalue weighted by Crippen LogP contribution is 2.20. The van der Waals surface area contributed by atoms with Crippen LogP contribution in [0.25, 0.3) is 0 Å². The first-order valence-corrected chi connectivity index (χ1v) is 5.41. The minimum Gasteiger partial charge on any atom is -0.494 e. The minimum atomic E-state index is 0.720. The Morgan fingerprint density at radius 1 is 1.46 bits per heavy atom. The second-order valence-corrected chi connectivity index (χ2v) is 3.96. The summed E-state index contributed by atoms with van der Waals surface area (Å²) in [6, 6.07) is 6.23. The van der Waals surface area contributed by atoms with Gasteiger partial charge in [-0.1, -0.05) is 0 Å². The van der Waals surface area contributed by atoms with Crippen LogP contribution in [-0.4, -0.2) is 13.7 Å². The van der Waals surface area contributed by atoms with Crippen molar-refractivity contribution in [3.05, 3.63) is 27.3 Å². The summed E-state index contributed by atoms with van der Waals surface area (Å²) in [7, 11) is 1.94. The van der Waals surface area contributed by atoms with Crippen LogP contribution >= 0.6 is 22.6 Å². The molecule has 0 fully saturated rings. The monoisotopic (exact) mass is 291 g/mol. The molecular formula is C10H14INO. The number of hydrogen-bond donors (Lipinski definition) is 1. The Hall–Kier alpha value is -0.290. The van der Waals surface area contributed by atoms with E-state index in [9.17, 15) is 0 Å². The highest BCUT2D eigenvalue weighted by molar-refractivity contribution is 14.1. The van der Waals surface area contributed by atoms with Crippen molar-refractivity contribution in [2.75, 3.05) is 13.7 Å². The Labute approximate surface area is 92.8 Å². The van der Waals surface area contributed by atoms with Crippen molar-refractivity contribution in [3.8, 4) is 5.75 Å². The van der Waals surface area contributed by atoms with Crippen molar-refractivity contribution in [1.82, 2.24) is 5.32 Å². The molecule has 0 saturated carbocycles. The lowest BCUT2D eigenvalue weighted by Gasteiger charge is -2.09. The van der Waals surface area contributed by atoms with Crippen LogP contribution in [0, 0.1) is 3.57 Å². The van der Waals surface area contributed by atoms with Crippen molar-refractivity contribution in [3.63, 3.8) is 0 Å². The first-order chi connectivity index (χ1) is 6.27. The number of ether oxygens (including phenoxy) is 1. The Morgan fingerprint density at radius 2 is 2.23 bits per heavy atom. The summed E-state index contributed by atoms with van der Waals surface area (Å²) in [5.74, 6) is 0.984. The van der Waals surface area contributed by atoms with Gasteiger partial charge in [-0.3, -0.25) is 0 Å². The molecule has 0 saturated heterocycles. The summed E-state index contributed by atoms with van der Waals surface area (Å²) in [4.78, 5) is 0. The summed E-state index contributed by atoms with van der Waals surface area (Å²) < 4.78 is 6.74. The van der Waals surface area contributed by atoms with Crippen LogP contribution in [0.4, 0.5) is 0 Å². The Kier molecular flexibility index (Phi) is 4.52. The standard InChI is InChI=1S/C10H14INO/c1-3-13-10-5-4-9(11)6-8(10)7-12-2/h4-6,12H,3,7H2,1-2H3. The Balaban J connectivity index is 2.89. The summed E-state index contributed by atoms with van der Waals surface area (Å²) >= 11 is 2.31. The van der Waals surface area contributed by atoms with Crippen molar-refractivity contribution in [1.29, 1.82) is 0 Å². The van der Waals surface area contributed by atoms with Gasteiger partial charge in [0, 0.05) is 15.7 Å². The van der Waals surface area contributed by atoms with Gasteiger partial charge in [0.1, 0.15) is 5.75 Å². The van der Waals surface area contributed by atoms with E-state index < -0.39 is 0 Å². The molecule has 0 amide bonds. The quantitative estimate of drug-likeness (QED) is 0.860. The molecule has 1 aromatic rings. The fourth-order valence-electron chi connectivity index (χ4n) is 1.17. The largest absolute Gasteiger partial charge is 0.494 e. The molecule has 0 radical (unpaired) electrons. The van der Waals surface area contributed by atoms with Gasteiger partial charge in [-0.25, -0.2) is 0 Å². The lowest BCUT2D eigenvalue weighted by Crippen LogP contribution is -2.07. The second kappa shape index (κ2) is 5.44. The molecule has 0 aliphatic heterocycles. The summed E-state index contributed by atoms with van der Waals surface area (Å²) in [5.41, 5.74) is 1.22. The fraction of sp³-hybridized carbons (Fsp3) is 0.400. The van der Waals surface area contributed by atoms with Gasteiger partial charge in [-0.2, -0.15) is 0 Å². The van der Waals surface area contributed by atoms with E-state index in [2.05, 4.69) is 40.0 Å². The molecule has 0 heterocycles. The topological polar surface area (TPSA) is 21.3 Å². The van der Waals surface area contributed by atoms with Gasteiger partial charge in [0.25, 0.3) is 0 Å². The zero-order chi connectivity index (χ0) is 9.68. The number of halogens is 1. The third kappa shape index (κ3) is 3.15. The minimum absolute atomic E-state index is 0.720. The highest BCUT2D eigenvalue weighted by Gasteiger charge is 2.02. The van der Waals surface area contributed by atoms with Gasteiger partial charge < -0.3 is 10.1 Å². The molecular weight excluding hydrogens is 277 g/mol. The highest BCUT2D eigenvalue weighted by atomic mass is 127. The molecule has 0 spiro atoms. The molecule has 0 aliphatic rings. The van der Waals surface area contributed by atoms with Crippen LogP contribution in [0.5, 0.6) is 5.75 Å². The van der Waals surface area contributed by atoms with Gasteiger partial charge in [0.15, 0.2) is 0 Å². The van der Waals surface area contributed by atoms with Crippen molar-refractivity contribution >= 4 is 22.6 Å². The van der Waals surface area contributed by atoms with E-state index in [1.54, 1.807) is 0 Å². The Morgan fingerprint density at radius 3 is 2.85 bits per heavy atom. The maximum atomic E-state index is 5.50. The van der Waals surface area contributed by atoms with E-state index in [1.807, 2.05) is 20.0 Å². The Bertz CT molecular complexity index is 276. The zero-order valence-electron chi connectivity index (χ0n) is 7.93. The van der Waals surface area contributed by atoms with Gasteiger partial charge in [0.2, 0.25) is 0 Å². The summed E-state index contributed by atoms with van der Waals surface area (Å²) in [5, 5.41) is 3.13. The molecule has 0 bridgehead atoms. The molecule has 0 atom stereocenters. The predicted octanol–water partition coefficient (Wildman–Crippen LogP) is 2.41. The maximum Gasteiger partial charge on any atom is 0.123 e. The average Bonchev–Trinajstić information content (AvgIpc) is 2.10. The smallest absolute Gasteiger partial charge is 0.123 e. The van der Waals surface area contributed by atoms with Crippen LogP contribution in [0.15, 0.2) is 18.2 Å². The van der Waals surface area contributed by atoms with Crippen LogP contribution < -0.4 is 10.1 Å². The number of benzene rings is 1. The maximum absolute atomic E-state index is 5.50. The fourth-order valence-corrected chi connectivity index (χ4v) is 1.73. The van der Waals surface area contributed by atoms with Gasteiger partial charge in [-0.15, -0.1) is 0 Å². The average molecular weight is 291 g/mol. The third-order valence-corrected chi connectivity index (χ3v) is 2.36. The first-order valence-electron chi connectivity index (χ1n) is 4.33. The molecule has 1 rings (SSSR count). The molecule has 13 heavy (non-hydrogen) atoms. The molecule has 0 unspecified atom stereocenters. The van der Waals surface area contributed by atoms with E-state index in [0.717, 1.165) is 18.9 Å². The summed E-state index contributed by atoms with van der Waals surface area (Å²) in [6.45, 7) is 3.57. The molecule has 72 valence electrons. The van der Waals surface area contributed by atoms with Crippen molar-refractivity contribution in [2.24, 2.45) is 0 Å². The molecule has 0 aliphatic carbocycles. The molecule has 0 aromatic heterocycles. The van der Waals surface area contributed by atoms with E-state index >= 15 is 0 Å². The first kappa shape index (κ1) is 10.8. The van der Waals surface area contributed by atoms with Gasteiger partial charge in [0.05, 0.1) is 6.61 Å². The number of nitrogens with one attached hydrogen (secondary N) is 1. The second-order valence-electron chi connectivity index (χ2n) is 2.72. The van der Waals surface area contributed by atoms with Gasteiger partial charge in [-0.05, 0) is 54.8 Å². The van der Waals surface area contributed by atoms with Crippen LogP contribution in [0.2, 0.25) is 0 Å². The van der Waals surface area contributed by atoms with E-state index in [0.29, 0.717) is 0 Å². The molecule has 1 N–H and O–H groups in total. The van der Waals surface area contributed by atoms with Gasteiger partial charge >= 0.3 is 0 Å². The van der Waals surface area contributed by atoms with Crippen LogP contribution in [0.1, 0.15) is 12.5 Å². The molecule has 1 aromatic carbocycles. The van der Waals surface area contributed by atoms with Crippen LogP contribution in [0.3, 0.4) is 0 Å². The van der Waals surface area contributed by atoms with Crippen molar-refractivity contribution in [2.45, 2.75) is 13.5 Å². The lowest BCUT2D eigenvalue weighted by molar-refractivity contribution is 0.336. The molecule has 3 heteroatoms. The molecule has 2 nitrogen and oxygen atoms in total. The SMILES string of the molecule is CCOc1ccc(I)cc1CNC.